The Labute approximate surface area is 111 Å². The van der Waals surface area contributed by atoms with Gasteiger partial charge in [-0.05, 0) is 18.6 Å². The molecule has 0 saturated heterocycles. The van der Waals surface area contributed by atoms with Crippen molar-refractivity contribution in [3.63, 3.8) is 0 Å². The summed E-state index contributed by atoms with van der Waals surface area (Å²) >= 11 is 0. The third kappa shape index (κ3) is 3.48. The van der Waals surface area contributed by atoms with Gasteiger partial charge in [-0.25, -0.2) is 9.97 Å². The van der Waals surface area contributed by atoms with E-state index in [0.717, 1.165) is 18.7 Å². The van der Waals surface area contributed by atoms with Crippen molar-refractivity contribution in [3.05, 3.63) is 42.5 Å². The van der Waals surface area contributed by atoms with Gasteiger partial charge in [0.05, 0.1) is 11.3 Å². The van der Waals surface area contributed by atoms with Gasteiger partial charge in [-0.3, -0.25) is 15.1 Å². The molecule has 0 atom stereocenters. The molecule has 19 heavy (non-hydrogen) atoms. The van der Waals surface area contributed by atoms with Crippen LogP contribution in [0.3, 0.4) is 0 Å². The van der Waals surface area contributed by atoms with Crippen LogP contribution in [0.25, 0.3) is 0 Å². The molecule has 0 aromatic carbocycles. The molecule has 2 aromatic heterocycles. The Morgan fingerprint density at radius 3 is 2.79 bits per heavy atom. The Morgan fingerprint density at radius 2 is 2.05 bits per heavy atom. The third-order valence-corrected chi connectivity index (χ3v) is 2.42. The van der Waals surface area contributed by atoms with Crippen LogP contribution in [0.1, 0.15) is 23.7 Å². The first-order valence-electron chi connectivity index (χ1n) is 6.07. The molecule has 2 N–H and O–H groups in total. The summed E-state index contributed by atoms with van der Waals surface area (Å²) in [7, 11) is 0. The minimum atomic E-state index is -0.280. The minimum absolute atomic E-state index is 0.276. The van der Waals surface area contributed by atoms with Crippen LogP contribution in [-0.4, -0.2) is 27.4 Å². The molecule has 6 heteroatoms. The van der Waals surface area contributed by atoms with Gasteiger partial charge < -0.3 is 5.32 Å². The molecule has 0 unspecified atom stereocenters. The van der Waals surface area contributed by atoms with E-state index in [1.807, 2.05) is 0 Å². The van der Waals surface area contributed by atoms with Gasteiger partial charge >= 0.3 is 0 Å². The van der Waals surface area contributed by atoms with Crippen molar-refractivity contribution in [3.8, 4) is 0 Å². The number of hydrogen-bond acceptors (Lipinski definition) is 5. The zero-order valence-electron chi connectivity index (χ0n) is 10.6. The van der Waals surface area contributed by atoms with E-state index in [1.165, 1.54) is 6.20 Å². The van der Waals surface area contributed by atoms with E-state index in [1.54, 1.807) is 30.7 Å². The van der Waals surface area contributed by atoms with Gasteiger partial charge in [0.1, 0.15) is 0 Å². The predicted octanol–water partition coefficient (Wildman–Crippen LogP) is 1.95. The highest BCUT2D eigenvalue weighted by atomic mass is 16.1. The van der Waals surface area contributed by atoms with Crippen LogP contribution < -0.4 is 10.6 Å². The van der Waals surface area contributed by atoms with Crippen molar-refractivity contribution in [2.24, 2.45) is 0 Å². The van der Waals surface area contributed by atoms with Crippen molar-refractivity contribution in [2.45, 2.75) is 13.3 Å². The summed E-state index contributed by atoms with van der Waals surface area (Å²) in [6, 6.07) is 3.46. The first-order chi connectivity index (χ1) is 9.31. The number of pyridine rings is 1. The number of carbonyl (C=O) groups excluding carboxylic acids is 1. The fourth-order valence-electron chi connectivity index (χ4n) is 1.52. The number of nitrogens with one attached hydrogen (secondary N) is 2. The number of anilines is 2. The van der Waals surface area contributed by atoms with Crippen LogP contribution in [0.15, 0.2) is 36.9 Å². The lowest BCUT2D eigenvalue weighted by atomic mass is 10.2. The monoisotopic (exact) mass is 257 g/mol. The SMILES string of the molecule is CCCNc1ccncc1C(=O)Nc1ncccn1. The maximum absolute atomic E-state index is 12.1. The van der Waals surface area contributed by atoms with Gasteiger partial charge in [0.25, 0.3) is 5.91 Å². The third-order valence-electron chi connectivity index (χ3n) is 2.42. The molecule has 2 heterocycles. The highest BCUT2D eigenvalue weighted by molar-refractivity contribution is 6.06. The molecule has 2 aromatic rings. The number of nitrogens with zero attached hydrogens (tertiary/aromatic N) is 3. The molecule has 2 rings (SSSR count). The van der Waals surface area contributed by atoms with Crippen molar-refractivity contribution in [1.29, 1.82) is 0 Å². The largest absolute Gasteiger partial charge is 0.384 e. The van der Waals surface area contributed by atoms with Gasteiger partial charge in [0, 0.05) is 31.3 Å². The molecule has 0 spiro atoms. The Balaban J connectivity index is 2.14. The van der Waals surface area contributed by atoms with Crippen LogP contribution in [0.2, 0.25) is 0 Å². The topological polar surface area (TPSA) is 79.8 Å². The molecule has 0 radical (unpaired) electrons. The Bertz CT molecular complexity index is 544. The van der Waals surface area contributed by atoms with E-state index in [0.29, 0.717) is 5.56 Å². The highest BCUT2D eigenvalue weighted by Crippen LogP contribution is 2.14. The summed E-state index contributed by atoms with van der Waals surface area (Å²) in [5.41, 5.74) is 1.23. The minimum Gasteiger partial charge on any atom is -0.384 e. The Kier molecular flexibility index (Phi) is 4.39. The normalized spacial score (nSPS) is 9.95. The van der Waals surface area contributed by atoms with Gasteiger partial charge in [0.2, 0.25) is 5.95 Å². The summed E-state index contributed by atoms with van der Waals surface area (Å²) in [5.74, 6) is -0.00398. The summed E-state index contributed by atoms with van der Waals surface area (Å²) in [5, 5.41) is 5.82. The van der Waals surface area contributed by atoms with Crippen LogP contribution in [0, 0.1) is 0 Å². The van der Waals surface area contributed by atoms with Crippen molar-refractivity contribution >= 4 is 17.5 Å². The number of rotatable bonds is 5. The number of carbonyl (C=O) groups is 1. The van der Waals surface area contributed by atoms with E-state index in [9.17, 15) is 4.79 Å². The standard InChI is InChI=1S/C13H15N5O/c1-2-5-15-11-4-8-14-9-10(11)12(19)18-13-16-6-3-7-17-13/h3-4,6-9H,2,5H2,1H3,(H,14,15)(H,16,17,18,19). The predicted molar refractivity (Wildman–Crippen MR) is 73.0 cm³/mol. The zero-order valence-corrected chi connectivity index (χ0v) is 10.6. The second-order valence-corrected chi connectivity index (χ2v) is 3.87. The van der Waals surface area contributed by atoms with Crippen molar-refractivity contribution in [1.82, 2.24) is 15.0 Å². The highest BCUT2D eigenvalue weighted by Gasteiger charge is 2.12. The van der Waals surface area contributed by atoms with Gasteiger partial charge in [-0.2, -0.15) is 0 Å². The fraction of sp³-hybridized carbons (Fsp3) is 0.231. The number of amides is 1. The second-order valence-electron chi connectivity index (χ2n) is 3.87. The smallest absolute Gasteiger partial charge is 0.261 e. The molecular formula is C13H15N5O. The summed E-state index contributed by atoms with van der Waals surface area (Å²) in [6.45, 7) is 2.86. The van der Waals surface area contributed by atoms with E-state index in [4.69, 9.17) is 0 Å². The average Bonchev–Trinajstić information content (AvgIpc) is 2.46. The Hall–Kier alpha value is -2.50. The molecule has 6 nitrogen and oxygen atoms in total. The average molecular weight is 257 g/mol. The lowest BCUT2D eigenvalue weighted by molar-refractivity contribution is 0.102. The summed E-state index contributed by atoms with van der Waals surface area (Å²) < 4.78 is 0. The van der Waals surface area contributed by atoms with E-state index in [-0.39, 0.29) is 11.9 Å². The lowest BCUT2D eigenvalue weighted by Gasteiger charge is -2.10. The maximum Gasteiger partial charge on any atom is 0.261 e. The molecule has 0 aliphatic rings. The molecule has 1 amide bonds. The number of aromatic nitrogens is 3. The number of hydrogen-bond donors (Lipinski definition) is 2. The van der Waals surface area contributed by atoms with Gasteiger partial charge in [-0.1, -0.05) is 6.92 Å². The van der Waals surface area contributed by atoms with Gasteiger partial charge in [-0.15, -0.1) is 0 Å². The molecule has 0 fully saturated rings. The maximum atomic E-state index is 12.1. The molecule has 0 saturated carbocycles. The van der Waals surface area contributed by atoms with Gasteiger partial charge in [0.15, 0.2) is 0 Å². The molecule has 0 aliphatic carbocycles. The van der Waals surface area contributed by atoms with Crippen molar-refractivity contribution < 1.29 is 4.79 Å². The fourth-order valence-corrected chi connectivity index (χ4v) is 1.52. The summed E-state index contributed by atoms with van der Waals surface area (Å²) in [4.78, 5) is 24.0. The van der Waals surface area contributed by atoms with Crippen molar-refractivity contribution in [2.75, 3.05) is 17.2 Å². The molecular weight excluding hydrogens is 242 g/mol. The zero-order chi connectivity index (χ0) is 13.5. The Morgan fingerprint density at radius 1 is 1.26 bits per heavy atom. The van der Waals surface area contributed by atoms with E-state index >= 15 is 0 Å². The van der Waals surface area contributed by atoms with E-state index in [2.05, 4.69) is 32.5 Å². The van der Waals surface area contributed by atoms with Crippen LogP contribution in [-0.2, 0) is 0 Å². The molecule has 0 bridgehead atoms. The lowest BCUT2D eigenvalue weighted by Crippen LogP contribution is -2.16. The second kappa shape index (κ2) is 6.44. The molecule has 98 valence electrons. The summed E-state index contributed by atoms with van der Waals surface area (Å²) in [6.07, 6.45) is 7.29. The van der Waals surface area contributed by atoms with Crippen LogP contribution >= 0.6 is 0 Å². The first kappa shape index (κ1) is 12.9. The first-order valence-corrected chi connectivity index (χ1v) is 6.07. The van der Waals surface area contributed by atoms with Crippen LogP contribution in [0.4, 0.5) is 11.6 Å². The van der Waals surface area contributed by atoms with E-state index < -0.39 is 0 Å². The van der Waals surface area contributed by atoms with Crippen LogP contribution in [0.5, 0.6) is 0 Å². The quantitative estimate of drug-likeness (QED) is 0.855. The molecule has 0 aliphatic heterocycles.